The molecule has 0 aliphatic carbocycles. The van der Waals surface area contributed by atoms with Crippen LogP contribution in [0.3, 0.4) is 0 Å². The highest BCUT2D eigenvalue weighted by Gasteiger charge is 2.26. The molecule has 29 heavy (non-hydrogen) atoms. The molecule has 0 N–H and O–H groups in total. The lowest BCUT2D eigenvalue weighted by Gasteiger charge is -2.18. The maximum atomic E-state index is 12.9. The molecule has 4 nitrogen and oxygen atoms in total. The molecule has 7 heteroatoms. The van der Waals surface area contributed by atoms with E-state index in [0.29, 0.717) is 11.1 Å². The molecule has 0 saturated heterocycles. The van der Waals surface area contributed by atoms with Crippen LogP contribution in [0.15, 0.2) is 72.8 Å². The number of ketones is 1. The van der Waals surface area contributed by atoms with Crippen LogP contribution in [0.2, 0.25) is 15.1 Å². The molecule has 3 aromatic carbocycles. The van der Waals surface area contributed by atoms with Gasteiger partial charge in [-0.1, -0.05) is 95.5 Å². The third-order valence-electron chi connectivity index (χ3n) is 3.97. The van der Waals surface area contributed by atoms with Crippen molar-refractivity contribution < 1.29 is 19.1 Å². The normalized spacial score (nSPS) is 11.6. The van der Waals surface area contributed by atoms with Crippen molar-refractivity contribution in [3.8, 4) is 5.75 Å². The van der Waals surface area contributed by atoms with Crippen LogP contribution in [-0.2, 0) is 9.53 Å². The van der Waals surface area contributed by atoms with Gasteiger partial charge in [-0.25, -0.2) is 4.79 Å². The van der Waals surface area contributed by atoms with E-state index in [4.69, 9.17) is 44.3 Å². The average molecular weight is 450 g/mol. The summed E-state index contributed by atoms with van der Waals surface area (Å²) in [7, 11) is 0. The first-order valence-electron chi connectivity index (χ1n) is 8.56. The minimum absolute atomic E-state index is 0.184. The highest BCUT2D eigenvalue weighted by atomic mass is 35.5. The molecule has 0 spiro atoms. The first-order valence-corrected chi connectivity index (χ1v) is 9.70. The lowest BCUT2D eigenvalue weighted by molar-refractivity contribution is -0.149. The molecule has 0 fully saturated rings. The van der Waals surface area contributed by atoms with Crippen LogP contribution in [0.25, 0.3) is 0 Å². The lowest BCUT2D eigenvalue weighted by atomic mass is 10.00. The third kappa shape index (κ3) is 5.51. The summed E-state index contributed by atoms with van der Waals surface area (Å²) in [6, 6.07) is 20.2. The fourth-order valence-corrected chi connectivity index (χ4v) is 3.16. The summed E-state index contributed by atoms with van der Waals surface area (Å²) >= 11 is 17.9. The Balaban J connectivity index is 1.75. The van der Waals surface area contributed by atoms with E-state index in [1.165, 1.54) is 12.1 Å². The van der Waals surface area contributed by atoms with Crippen LogP contribution in [-0.4, -0.2) is 18.4 Å². The van der Waals surface area contributed by atoms with E-state index in [0.717, 1.165) is 0 Å². The van der Waals surface area contributed by atoms with Crippen LogP contribution in [0.1, 0.15) is 22.0 Å². The number of ether oxygens (including phenoxy) is 2. The largest absolute Gasteiger partial charge is 0.480 e. The summed E-state index contributed by atoms with van der Waals surface area (Å²) in [6.07, 6.45) is -1.10. The van der Waals surface area contributed by atoms with Gasteiger partial charge >= 0.3 is 5.97 Å². The van der Waals surface area contributed by atoms with Crippen molar-refractivity contribution >= 4 is 46.6 Å². The SMILES string of the molecule is O=C(COc1cc(Cl)c(Cl)cc1Cl)OC(C(=O)c1ccccc1)c1ccccc1. The number of benzene rings is 3. The molecule has 1 atom stereocenters. The van der Waals surface area contributed by atoms with Crippen molar-refractivity contribution in [3.63, 3.8) is 0 Å². The average Bonchev–Trinajstić information content (AvgIpc) is 2.74. The smallest absolute Gasteiger partial charge is 0.345 e. The van der Waals surface area contributed by atoms with Crippen molar-refractivity contribution in [2.45, 2.75) is 6.10 Å². The first kappa shape index (κ1) is 21.2. The molecule has 0 saturated carbocycles. The maximum Gasteiger partial charge on any atom is 0.345 e. The zero-order chi connectivity index (χ0) is 20.8. The minimum Gasteiger partial charge on any atom is -0.480 e. The molecule has 0 amide bonds. The molecular weight excluding hydrogens is 435 g/mol. The number of carbonyl (C=O) groups excluding carboxylic acids is 2. The number of esters is 1. The Morgan fingerprint density at radius 3 is 2.03 bits per heavy atom. The van der Waals surface area contributed by atoms with Gasteiger partial charge in [0.05, 0.1) is 15.1 Å². The number of rotatable bonds is 7. The Hall–Kier alpha value is -2.53. The van der Waals surface area contributed by atoms with Gasteiger partial charge in [0.2, 0.25) is 5.78 Å². The summed E-state index contributed by atoms with van der Waals surface area (Å²) in [6.45, 7) is -0.455. The standard InChI is InChI=1S/C22H15Cl3O4/c23-16-11-18(25)19(12-17(16)24)28-13-20(26)29-22(15-9-5-2-6-10-15)21(27)14-7-3-1-4-8-14/h1-12,22H,13H2. The van der Waals surface area contributed by atoms with Crippen molar-refractivity contribution in [1.82, 2.24) is 0 Å². The second-order valence-corrected chi connectivity index (χ2v) is 7.22. The summed E-state index contributed by atoms with van der Waals surface area (Å²) in [4.78, 5) is 25.3. The van der Waals surface area contributed by atoms with Crippen molar-refractivity contribution in [1.29, 1.82) is 0 Å². The second-order valence-electron chi connectivity index (χ2n) is 6.00. The Labute approximate surface area is 182 Å². The topological polar surface area (TPSA) is 52.6 Å². The van der Waals surface area contributed by atoms with E-state index in [9.17, 15) is 9.59 Å². The van der Waals surface area contributed by atoms with E-state index in [1.807, 2.05) is 6.07 Å². The van der Waals surface area contributed by atoms with Gasteiger partial charge < -0.3 is 9.47 Å². The summed E-state index contributed by atoms with van der Waals surface area (Å²) in [5.74, 6) is -0.883. The molecule has 0 aliphatic rings. The predicted molar refractivity (Wildman–Crippen MR) is 113 cm³/mol. The summed E-state index contributed by atoms with van der Waals surface area (Å²) in [5, 5.41) is 0.706. The zero-order valence-corrected chi connectivity index (χ0v) is 17.2. The van der Waals surface area contributed by atoms with Crippen molar-refractivity contribution in [2.24, 2.45) is 0 Å². The van der Waals surface area contributed by atoms with Gasteiger partial charge in [0.15, 0.2) is 12.7 Å². The number of Topliss-reactive ketones (excluding diaryl/α,β-unsaturated/α-hetero) is 1. The first-order chi connectivity index (χ1) is 14.0. The molecule has 3 aromatic rings. The van der Waals surface area contributed by atoms with Crippen molar-refractivity contribution in [2.75, 3.05) is 6.61 Å². The molecule has 148 valence electrons. The van der Waals surface area contributed by atoms with Crippen LogP contribution in [0.5, 0.6) is 5.75 Å². The molecule has 0 radical (unpaired) electrons. The molecule has 1 unspecified atom stereocenters. The monoisotopic (exact) mass is 448 g/mol. The van der Waals surface area contributed by atoms with Gasteiger partial charge in [-0.3, -0.25) is 4.79 Å². The van der Waals surface area contributed by atoms with Crippen LogP contribution < -0.4 is 4.74 Å². The lowest BCUT2D eigenvalue weighted by Crippen LogP contribution is -2.23. The van der Waals surface area contributed by atoms with Crippen molar-refractivity contribution in [3.05, 3.63) is 99.0 Å². The van der Waals surface area contributed by atoms with E-state index in [1.54, 1.807) is 54.6 Å². The molecule has 0 heterocycles. The fourth-order valence-electron chi connectivity index (χ4n) is 2.57. The Morgan fingerprint density at radius 2 is 1.38 bits per heavy atom. The van der Waals surface area contributed by atoms with Gasteiger partial charge in [-0.05, 0) is 6.07 Å². The van der Waals surface area contributed by atoms with Gasteiger partial charge in [-0.15, -0.1) is 0 Å². The van der Waals surface area contributed by atoms with E-state index in [-0.39, 0.29) is 26.6 Å². The van der Waals surface area contributed by atoms with Crippen LogP contribution in [0, 0.1) is 0 Å². The molecule has 0 bridgehead atoms. The predicted octanol–water partition coefficient (Wildman–Crippen LogP) is 6.19. The third-order valence-corrected chi connectivity index (χ3v) is 4.99. The molecule has 0 aliphatic heterocycles. The Bertz CT molecular complexity index is 1010. The van der Waals surface area contributed by atoms with E-state index < -0.39 is 18.7 Å². The zero-order valence-electron chi connectivity index (χ0n) is 15.0. The Morgan fingerprint density at radius 1 is 0.793 bits per heavy atom. The number of hydrogen-bond acceptors (Lipinski definition) is 4. The molecule has 3 rings (SSSR count). The Kier molecular flexibility index (Phi) is 7.15. The second kappa shape index (κ2) is 9.79. The van der Waals surface area contributed by atoms with E-state index in [2.05, 4.69) is 0 Å². The summed E-state index contributed by atoms with van der Waals surface area (Å²) < 4.78 is 10.8. The molecule has 0 aromatic heterocycles. The van der Waals surface area contributed by atoms with Crippen LogP contribution in [0.4, 0.5) is 0 Å². The minimum atomic E-state index is -1.10. The number of halogens is 3. The van der Waals surface area contributed by atoms with Crippen LogP contribution >= 0.6 is 34.8 Å². The number of carbonyl (C=O) groups is 2. The fraction of sp³-hybridized carbons (Fsp3) is 0.0909. The number of hydrogen-bond donors (Lipinski definition) is 0. The maximum absolute atomic E-state index is 12.9. The van der Waals surface area contributed by atoms with Gasteiger partial charge in [-0.2, -0.15) is 0 Å². The quantitative estimate of drug-likeness (QED) is 0.245. The van der Waals surface area contributed by atoms with Gasteiger partial charge in [0.1, 0.15) is 5.75 Å². The van der Waals surface area contributed by atoms with Gasteiger partial charge in [0, 0.05) is 17.2 Å². The molecular formula is C22H15Cl3O4. The highest BCUT2D eigenvalue weighted by molar-refractivity contribution is 6.43. The van der Waals surface area contributed by atoms with E-state index >= 15 is 0 Å². The summed E-state index contributed by atoms with van der Waals surface area (Å²) in [5.41, 5.74) is 0.991. The van der Waals surface area contributed by atoms with Gasteiger partial charge in [0.25, 0.3) is 0 Å². The highest BCUT2D eigenvalue weighted by Crippen LogP contribution is 2.34.